The smallest absolute Gasteiger partial charge is 0.344 e. The lowest BCUT2D eigenvalue weighted by Gasteiger charge is -2.07. The first kappa shape index (κ1) is 17.3. The normalized spacial score (nSPS) is 10.4. The van der Waals surface area contributed by atoms with Crippen LogP contribution in [0.2, 0.25) is 0 Å². The van der Waals surface area contributed by atoms with Crippen molar-refractivity contribution in [2.45, 2.75) is 6.92 Å². The van der Waals surface area contributed by atoms with Gasteiger partial charge in [-0.2, -0.15) is 0 Å². The molecule has 0 radical (unpaired) electrons. The molecule has 1 heterocycles. The fraction of sp³-hybridized carbons (Fsp3) is 0.105. The Hall–Kier alpha value is -3.48. The lowest BCUT2D eigenvalue weighted by atomic mass is 10.1. The van der Waals surface area contributed by atoms with Crippen LogP contribution >= 0.6 is 0 Å². The van der Waals surface area contributed by atoms with Crippen LogP contribution in [0.1, 0.15) is 16.1 Å². The molecule has 1 aromatic heterocycles. The Morgan fingerprint density at radius 2 is 1.81 bits per heavy atom. The van der Waals surface area contributed by atoms with Gasteiger partial charge < -0.3 is 14.6 Å². The van der Waals surface area contributed by atoms with E-state index in [2.05, 4.69) is 10.5 Å². The number of carbonyl (C=O) groups excluding carboxylic acids is 2. The summed E-state index contributed by atoms with van der Waals surface area (Å²) in [5.74, 6) is -1.69. The van der Waals surface area contributed by atoms with Gasteiger partial charge >= 0.3 is 5.97 Å². The molecular formula is C19H15FN2O4. The number of nitrogens with zero attached hydrogens (tertiary/aromatic N) is 1. The van der Waals surface area contributed by atoms with E-state index in [0.717, 1.165) is 0 Å². The predicted molar refractivity (Wildman–Crippen MR) is 92.0 cm³/mol. The highest BCUT2D eigenvalue weighted by molar-refractivity contribution is 5.99. The maximum Gasteiger partial charge on any atom is 0.344 e. The van der Waals surface area contributed by atoms with Crippen LogP contribution in [0.15, 0.2) is 59.1 Å². The summed E-state index contributed by atoms with van der Waals surface area (Å²) in [6.45, 7) is 1.02. The van der Waals surface area contributed by atoms with E-state index in [1.165, 1.54) is 18.2 Å². The number of benzene rings is 2. The molecule has 0 unspecified atom stereocenters. The maximum absolute atomic E-state index is 13.5. The third-order valence-electron chi connectivity index (χ3n) is 3.60. The van der Waals surface area contributed by atoms with Gasteiger partial charge in [-0.3, -0.25) is 4.79 Å². The maximum atomic E-state index is 13.5. The second-order valence-corrected chi connectivity index (χ2v) is 5.43. The highest BCUT2D eigenvalue weighted by Crippen LogP contribution is 2.25. The number of ether oxygens (including phenoxy) is 1. The molecule has 0 saturated carbocycles. The highest BCUT2D eigenvalue weighted by Gasteiger charge is 2.23. The van der Waals surface area contributed by atoms with Crippen molar-refractivity contribution >= 4 is 17.6 Å². The fourth-order valence-electron chi connectivity index (χ4n) is 2.36. The number of hydrogen-bond acceptors (Lipinski definition) is 5. The van der Waals surface area contributed by atoms with Crippen molar-refractivity contribution in [2.75, 3.05) is 11.9 Å². The molecule has 0 saturated heterocycles. The molecule has 0 aliphatic rings. The lowest BCUT2D eigenvalue weighted by molar-refractivity contribution is -0.119. The van der Waals surface area contributed by atoms with Gasteiger partial charge in [0.05, 0.1) is 5.69 Å². The van der Waals surface area contributed by atoms with E-state index >= 15 is 0 Å². The molecule has 6 nitrogen and oxygen atoms in total. The van der Waals surface area contributed by atoms with E-state index in [9.17, 15) is 14.0 Å². The van der Waals surface area contributed by atoms with Crippen LogP contribution in [0.5, 0.6) is 0 Å². The number of halogens is 1. The number of rotatable bonds is 5. The molecular weight excluding hydrogens is 339 g/mol. The van der Waals surface area contributed by atoms with Crippen LogP contribution in [0.25, 0.3) is 11.3 Å². The molecule has 0 atom stereocenters. The molecule has 0 bridgehead atoms. The molecule has 0 spiro atoms. The molecule has 3 aromatic rings. The van der Waals surface area contributed by atoms with E-state index in [1.807, 2.05) is 6.07 Å². The Morgan fingerprint density at radius 3 is 2.54 bits per heavy atom. The second kappa shape index (κ2) is 7.60. The highest BCUT2D eigenvalue weighted by atomic mass is 19.1. The first-order valence-corrected chi connectivity index (χ1v) is 7.79. The van der Waals surface area contributed by atoms with E-state index in [4.69, 9.17) is 9.26 Å². The summed E-state index contributed by atoms with van der Waals surface area (Å²) in [6.07, 6.45) is 0. The average molecular weight is 354 g/mol. The lowest BCUT2D eigenvalue weighted by Crippen LogP contribution is -2.21. The third kappa shape index (κ3) is 3.77. The zero-order valence-electron chi connectivity index (χ0n) is 13.9. The number of esters is 1. The van der Waals surface area contributed by atoms with Gasteiger partial charge in [-0.1, -0.05) is 47.6 Å². The number of nitrogens with one attached hydrogen (secondary N) is 1. The minimum Gasteiger partial charge on any atom is -0.452 e. The minimum atomic E-state index is -0.744. The van der Waals surface area contributed by atoms with Crippen molar-refractivity contribution in [2.24, 2.45) is 0 Å². The van der Waals surface area contributed by atoms with Crippen LogP contribution in [0.3, 0.4) is 0 Å². The van der Waals surface area contributed by atoms with Crippen molar-refractivity contribution in [3.8, 4) is 11.3 Å². The van der Waals surface area contributed by atoms with Gasteiger partial charge in [0.25, 0.3) is 5.91 Å². The first-order chi connectivity index (χ1) is 12.6. The van der Waals surface area contributed by atoms with Gasteiger partial charge in [0.2, 0.25) is 0 Å². The summed E-state index contributed by atoms with van der Waals surface area (Å²) in [5, 5.41) is 6.23. The van der Waals surface area contributed by atoms with Gasteiger partial charge in [-0.05, 0) is 19.1 Å². The van der Waals surface area contributed by atoms with Gasteiger partial charge in [-0.15, -0.1) is 0 Å². The molecule has 2 aromatic carbocycles. The molecule has 26 heavy (non-hydrogen) atoms. The van der Waals surface area contributed by atoms with Crippen LogP contribution in [-0.4, -0.2) is 23.6 Å². The Kier molecular flexibility index (Phi) is 5.07. The second-order valence-electron chi connectivity index (χ2n) is 5.43. The number of amides is 1. The number of anilines is 1. The van der Waals surface area contributed by atoms with Crippen LogP contribution < -0.4 is 5.32 Å². The molecule has 132 valence electrons. The average Bonchev–Trinajstić information content (AvgIpc) is 3.04. The third-order valence-corrected chi connectivity index (χ3v) is 3.60. The number of aryl methyl sites for hydroxylation is 1. The SMILES string of the molecule is Cc1onc(-c2ccccc2)c1C(=O)OCC(=O)Nc1ccccc1F. The fourth-order valence-corrected chi connectivity index (χ4v) is 2.36. The standard InChI is InChI=1S/C19H15FN2O4/c1-12-17(18(22-26-12)13-7-3-2-4-8-13)19(24)25-11-16(23)21-15-10-6-5-9-14(15)20/h2-10H,11H2,1H3,(H,21,23). The van der Waals surface area contributed by atoms with E-state index in [0.29, 0.717) is 11.3 Å². The van der Waals surface area contributed by atoms with Crippen LogP contribution in [0.4, 0.5) is 10.1 Å². The zero-order valence-corrected chi connectivity index (χ0v) is 13.9. The van der Waals surface area contributed by atoms with Gasteiger partial charge in [0.1, 0.15) is 22.8 Å². The van der Waals surface area contributed by atoms with E-state index in [1.54, 1.807) is 37.3 Å². The Balaban J connectivity index is 1.69. The van der Waals surface area contributed by atoms with Crippen LogP contribution in [-0.2, 0) is 9.53 Å². The molecule has 7 heteroatoms. The van der Waals surface area contributed by atoms with E-state index < -0.39 is 24.3 Å². The monoisotopic (exact) mass is 354 g/mol. The number of hydrogen-bond donors (Lipinski definition) is 1. The zero-order chi connectivity index (χ0) is 18.5. The number of carbonyl (C=O) groups is 2. The predicted octanol–water partition coefficient (Wildman–Crippen LogP) is 3.58. The topological polar surface area (TPSA) is 81.4 Å². The van der Waals surface area contributed by atoms with Crippen molar-refractivity contribution in [3.05, 3.63) is 71.7 Å². The van der Waals surface area contributed by atoms with Gasteiger partial charge in [0, 0.05) is 5.56 Å². The number of aromatic nitrogens is 1. The summed E-state index contributed by atoms with van der Waals surface area (Å²) in [4.78, 5) is 24.3. The molecule has 1 amide bonds. The summed E-state index contributed by atoms with van der Waals surface area (Å²) in [5.41, 5.74) is 1.18. The molecule has 0 aliphatic carbocycles. The summed E-state index contributed by atoms with van der Waals surface area (Å²) >= 11 is 0. The Bertz CT molecular complexity index is 938. The van der Waals surface area contributed by atoms with Crippen molar-refractivity contribution < 1.29 is 23.2 Å². The van der Waals surface area contributed by atoms with Gasteiger partial charge in [0.15, 0.2) is 6.61 Å². The Labute approximate surface area is 148 Å². The molecule has 1 N–H and O–H groups in total. The van der Waals surface area contributed by atoms with Crippen LogP contribution in [0, 0.1) is 12.7 Å². The largest absolute Gasteiger partial charge is 0.452 e. The van der Waals surface area contributed by atoms with E-state index in [-0.39, 0.29) is 17.0 Å². The first-order valence-electron chi connectivity index (χ1n) is 7.79. The Morgan fingerprint density at radius 1 is 1.12 bits per heavy atom. The van der Waals surface area contributed by atoms with Crippen molar-refractivity contribution in [1.82, 2.24) is 5.16 Å². The molecule has 3 rings (SSSR count). The van der Waals surface area contributed by atoms with Crippen molar-refractivity contribution in [1.29, 1.82) is 0 Å². The van der Waals surface area contributed by atoms with Crippen molar-refractivity contribution in [3.63, 3.8) is 0 Å². The summed E-state index contributed by atoms with van der Waals surface area (Å²) in [6, 6.07) is 14.7. The number of para-hydroxylation sites is 1. The minimum absolute atomic E-state index is 0.0136. The molecule has 0 aliphatic heterocycles. The quantitative estimate of drug-likeness (QED) is 0.708. The molecule has 0 fully saturated rings. The summed E-state index contributed by atoms with van der Waals surface area (Å²) < 4.78 is 23.6. The van der Waals surface area contributed by atoms with Gasteiger partial charge in [-0.25, -0.2) is 9.18 Å². The summed E-state index contributed by atoms with van der Waals surface area (Å²) in [7, 11) is 0.